The number of benzene rings is 1. The van der Waals surface area contributed by atoms with Gasteiger partial charge in [-0.25, -0.2) is 4.39 Å². The summed E-state index contributed by atoms with van der Waals surface area (Å²) in [6, 6.07) is 4.78. The van der Waals surface area contributed by atoms with Crippen LogP contribution in [0.5, 0.6) is 5.75 Å². The van der Waals surface area contributed by atoms with E-state index in [9.17, 15) is 9.18 Å². The van der Waals surface area contributed by atoms with E-state index in [1.54, 1.807) is 24.1 Å². The van der Waals surface area contributed by atoms with Gasteiger partial charge in [-0.15, -0.1) is 0 Å². The van der Waals surface area contributed by atoms with Crippen molar-refractivity contribution in [2.75, 3.05) is 14.2 Å². The zero-order valence-electron chi connectivity index (χ0n) is 10.9. The fraction of sp³-hybridized carbons (Fsp3) is 0.500. The molecule has 0 aliphatic heterocycles. The van der Waals surface area contributed by atoms with Crippen LogP contribution >= 0.6 is 0 Å². The topological polar surface area (TPSA) is 29.5 Å². The highest BCUT2D eigenvalue weighted by Gasteiger charge is 2.40. The highest BCUT2D eigenvalue weighted by molar-refractivity contribution is 5.81. The molecule has 0 radical (unpaired) electrons. The fourth-order valence-corrected chi connectivity index (χ4v) is 2.11. The van der Waals surface area contributed by atoms with Crippen LogP contribution in [0.2, 0.25) is 0 Å². The molecule has 1 aliphatic carbocycles. The molecule has 0 heterocycles. The smallest absolute Gasteiger partial charge is 0.226 e. The number of hydrogen-bond donors (Lipinski definition) is 0. The second-order valence-corrected chi connectivity index (χ2v) is 4.98. The first-order valence-corrected chi connectivity index (χ1v) is 6.10. The third kappa shape index (κ3) is 2.63. The summed E-state index contributed by atoms with van der Waals surface area (Å²) in [5.41, 5.74) is 0.775. The molecule has 1 amide bonds. The number of hydrogen-bond acceptors (Lipinski definition) is 2. The highest BCUT2D eigenvalue weighted by atomic mass is 19.1. The van der Waals surface area contributed by atoms with Crippen LogP contribution in [0.1, 0.15) is 18.9 Å². The second kappa shape index (κ2) is 4.96. The first-order chi connectivity index (χ1) is 8.52. The van der Waals surface area contributed by atoms with Crippen LogP contribution in [-0.4, -0.2) is 25.0 Å². The molecule has 0 spiro atoms. The summed E-state index contributed by atoms with van der Waals surface area (Å²) in [4.78, 5) is 13.6. The van der Waals surface area contributed by atoms with Gasteiger partial charge in [0.05, 0.1) is 7.11 Å². The lowest BCUT2D eigenvalue weighted by atomic mass is 10.2. The quantitative estimate of drug-likeness (QED) is 0.822. The molecular weight excluding hydrogens is 233 g/mol. The molecule has 98 valence electrons. The standard InChI is InChI=1S/C14H18FNO2/c1-9-6-11(9)14(17)16(2)8-10-4-5-13(18-3)12(15)7-10/h4-5,7,9,11H,6,8H2,1-3H3. The number of halogens is 1. The predicted molar refractivity (Wildman–Crippen MR) is 66.7 cm³/mol. The Bertz CT molecular complexity index is 461. The lowest BCUT2D eigenvalue weighted by molar-refractivity contribution is -0.132. The molecule has 0 bridgehead atoms. The van der Waals surface area contributed by atoms with Crippen LogP contribution in [0.25, 0.3) is 0 Å². The largest absolute Gasteiger partial charge is 0.494 e. The molecule has 0 saturated heterocycles. The van der Waals surface area contributed by atoms with Gasteiger partial charge in [0.25, 0.3) is 0 Å². The summed E-state index contributed by atoms with van der Waals surface area (Å²) >= 11 is 0. The monoisotopic (exact) mass is 251 g/mol. The molecule has 0 aromatic heterocycles. The van der Waals surface area contributed by atoms with Gasteiger partial charge in [-0.3, -0.25) is 4.79 Å². The summed E-state index contributed by atoms with van der Waals surface area (Å²) in [6.07, 6.45) is 0.972. The SMILES string of the molecule is COc1ccc(CN(C)C(=O)C2CC2C)cc1F. The number of ether oxygens (including phenoxy) is 1. The molecule has 2 unspecified atom stereocenters. The zero-order chi connectivity index (χ0) is 13.3. The zero-order valence-corrected chi connectivity index (χ0v) is 10.9. The van der Waals surface area contributed by atoms with Crippen LogP contribution in [0.4, 0.5) is 4.39 Å². The van der Waals surface area contributed by atoms with Crippen molar-refractivity contribution in [2.45, 2.75) is 19.9 Å². The van der Waals surface area contributed by atoms with Gasteiger partial charge in [0.1, 0.15) is 0 Å². The van der Waals surface area contributed by atoms with Crippen molar-refractivity contribution in [3.8, 4) is 5.75 Å². The Morgan fingerprint density at radius 3 is 2.72 bits per heavy atom. The molecule has 4 heteroatoms. The van der Waals surface area contributed by atoms with E-state index >= 15 is 0 Å². The molecule has 1 saturated carbocycles. The third-order valence-electron chi connectivity index (χ3n) is 3.44. The summed E-state index contributed by atoms with van der Waals surface area (Å²) in [7, 11) is 3.19. The third-order valence-corrected chi connectivity index (χ3v) is 3.44. The van der Waals surface area contributed by atoms with Crippen molar-refractivity contribution in [2.24, 2.45) is 11.8 Å². The maximum atomic E-state index is 13.5. The van der Waals surface area contributed by atoms with Crippen molar-refractivity contribution in [1.82, 2.24) is 4.90 Å². The fourth-order valence-electron chi connectivity index (χ4n) is 2.11. The van der Waals surface area contributed by atoms with Gasteiger partial charge >= 0.3 is 0 Å². The van der Waals surface area contributed by atoms with E-state index in [2.05, 4.69) is 6.92 Å². The van der Waals surface area contributed by atoms with Gasteiger partial charge in [-0.1, -0.05) is 13.0 Å². The Kier molecular flexibility index (Phi) is 3.55. The molecule has 18 heavy (non-hydrogen) atoms. The first kappa shape index (κ1) is 12.9. The molecule has 1 aliphatic rings. The normalized spacial score (nSPS) is 21.6. The minimum atomic E-state index is -0.393. The lowest BCUT2D eigenvalue weighted by Gasteiger charge is -2.17. The molecule has 2 atom stereocenters. The van der Waals surface area contributed by atoms with Crippen LogP contribution in [0.3, 0.4) is 0 Å². The van der Waals surface area contributed by atoms with Crippen LogP contribution in [0.15, 0.2) is 18.2 Å². The maximum Gasteiger partial charge on any atom is 0.226 e. The minimum Gasteiger partial charge on any atom is -0.494 e. The second-order valence-electron chi connectivity index (χ2n) is 4.98. The highest BCUT2D eigenvalue weighted by Crippen LogP contribution is 2.39. The van der Waals surface area contributed by atoms with E-state index in [1.165, 1.54) is 13.2 Å². The molecule has 1 fully saturated rings. The van der Waals surface area contributed by atoms with Crippen molar-refractivity contribution in [3.05, 3.63) is 29.6 Å². The van der Waals surface area contributed by atoms with Gasteiger partial charge < -0.3 is 9.64 Å². The number of methoxy groups -OCH3 is 1. The summed E-state index contributed by atoms with van der Waals surface area (Å²) in [5, 5.41) is 0. The number of carbonyl (C=O) groups excluding carboxylic acids is 1. The van der Waals surface area contributed by atoms with Crippen molar-refractivity contribution < 1.29 is 13.9 Å². The molecule has 1 aromatic rings. The number of amides is 1. The van der Waals surface area contributed by atoms with E-state index < -0.39 is 5.82 Å². The van der Waals surface area contributed by atoms with Crippen LogP contribution < -0.4 is 4.74 Å². The average molecular weight is 251 g/mol. The van der Waals surface area contributed by atoms with Gasteiger partial charge in [0, 0.05) is 19.5 Å². The van der Waals surface area contributed by atoms with Crippen molar-refractivity contribution >= 4 is 5.91 Å². The molecular formula is C14H18FNO2. The Morgan fingerprint density at radius 1 is 1.56 bits per heavy atom. The van der Waals surface area contributed by atoms with Crippen LogP contribution in [0, 0.1) is 17.7 Å². The Balaban J connectivity index is 2.00. The van der Waals surface area contributed by atoms with Crippen molar-refractivity contribution in [3.63, 3.8) is 0 Å². The van der Waals surface area contributed by atoms with Gasteiger partial charge in [0.15, 0.2) is 11.6 Å². The van der Waals surface area contributed by atoms with Crippen molar-refractivity contribution in [1.29, 1.82) is 0 Å². The van der Waals surface area contributed by atoms with E-state index in [-0.39, 0.29) is 17.6 Å². The van der Waals surface area contributed by atoms with Gasteiger partial charge in [-0.2, -0.15) is 0 Å². The van der Waals surface area contributed by atoms with E-state index in [1.807, 2.05) is 0 Å². The summed E-state index contributed by atoms with van der Waals surface area (Å²) in [6.45, 7) is 2.51. The maximum absolute atomic E-state index is 13.5. The summed E-state index contributed by atoms with van der Waals surface area (Å²) < 4.78 is 18.4. The number of nitrogens with zero attached hydrogens (tertiary/aromatic N) is 1. The van der Waals surface area contributed by atoms with E-state index in [0.717, 1.165) is 12.0 Å². The first-order valence-electron chi connectivity index (χ1n) is 6.10. The molecule has 0 N–H and O–H groups in total. The van der Waals surface area contributed by atoms with E-state index in [0.29, 0.717) is 12.5 Å². The number of carbonyl (C=O) groups is 1. The van der Waals surface area contributed by atoms with Crippen LogP contribution in [-0.2, 0) is 11.3 Å². The van der Waals surface area contributed by atoms with E-state index in [4.69, 9.17) is 4.74 Å². The van der Waals surface area contributed by atoms with Gasteiger partial charge in [0.2, 0.25) is 5.91 Å². The van der Waals surface area contributed by atoms with Gasteiger partial charge in [-0.05, 0) is 30.0 Å². The summed E-state index contributed by atoms with van der Waals surface area (Å²) in [5.74, 6) is 0.642. The molecule has 3 nitrogen and oxygen atoms in total. The molecule has 2 rings (SSSR count). The molecule has 1 aromatic carbocycles. The Labute approximate surface area is 107 Å². The minimum absolute atomic E-state index is 0.152. The predicted octanol–water partition coefficient (Wildman–Crippen LogP) is 2.45. The number of rotatable bonds is 4. The Hall–Kier alpha value is -1.58. The lowest BCUT2D eigenvalue weighted by Crippen LogP contribution is -2.28. The average Bonchev–Trinajstić information content (AvgIpc) is 3.05. The Morgan fingerprint density at radius 2 is 2.22 bits per heavy atom.